The molecule has 0 radical (unpaired) electrons. The van der Waals surface area contributed by atoms with Crippen molar-refractivity contribution in [1.82, 2.24) is 9.47 Å². The lowest BCUT2D eigenvalue weighted by molar-refractivity contribution is -0.150. The van der Waals surface area contributed by atoms with E-state index in [1.54, 1.807) is 15.5 Å². The average molecular weight is 390 g/mol. The van der Waals surface area contributed by atoms with Crippen molar-refractivity contribution in [2.45, 2.75) is 37.9 Å². The van der Waals surface area contributed by atoms with Crippen LogP contribution in [0.1, 0.15) is 30.9 Å². The van der Waals surface area contributed by atoms with E-state index in [-0.39, 0.29) is 17.4 Å². The number of fused-ring (bicyclic) bond motifs is 4. The van der Waals surface area contributed by atoms with E-state index in [4.69, 9.17) is 0 Å². The van der Waals surface area contributed by atoms with Crippen molar-refractivity contribution in [3.63, 3.8) is 0 Å². The molecule has 1 amide bonds. The Morgan fingerprint density at radius 1 is 1.04 bits per heavy atom. The highest BCUT2D eigenvalue weighted by atomic mass is 19.4. The van der Waals surface area contributed by atoms with E-state index in [2.05, 4.69) is 0 Å². The molecule has 0 saturated carbocycles. The van der Waals surface area contributed by atoms with Crippen molar-refractivity contribution in [3.8, 4) is 11.1 Å². The first-order valence-electron chi connectivity index (χ1n) is 9.45. The van der Waals surface area contributed by atoms with Gasteiger partial charge in [-0.25, -0.2) is 0 Å². The molecule has 1 saturated heterocycles. The van der Waals surface area contributed by atoms with Crippen LogP contribution in [0.5, 0.6) is 0 Å². The minimum Gasteiger partial charge on any atom is -0.342 e. The molecule has 0 N–H and O–H groups in total. The molecule has 2 atom stereocenters. The van der Waals surface area contributed by atoms with Gasteiger partial charge in [-0.2, -0.15) is 13.2 Å². The molecule has 0 unspecified atom stereocenters. The Bertz CT molecular complexity index is 937. The summed E-state index contributed by atoms with van der Waals surface area (Å²) in [5.74, 6) is -0.387. The molecule has 148 valence electrons. The fraction of sp³-hybridized carbons (Fsp3) is 0.429. The van der Waals surface area contributed by atoms with Crippen molar-refractivity contribution in [3.05, 3.63) is 58.5 Å². The third kappa shape index (κ3) is 3.84. The van der Waals surface area contributed by atoms with Gasteiger partial charge >= 0.3 is 6.18 Å². The van der Waals surface area contributed by atoms with E-state index in [0.717, 1.165) is 23.2 Å². The monoisotopic (exact) mass is 390 g/mol. The number of rotatable bonds is 3. The number of hydrogen-bond acceptors (Lipinski definition) is 2. The van der Waals surface area contributed by atoms with Crippen LogP contribution >= 0.6 is 0 Å². The zero-order valence-electron chi connectivity index (χ0n) is 15.3. The molecule has 28 heavy (non-hydrogen) atoms. The van der Waals surface area contributed by atoms with Crippen LogP contribution in [0.2, 0.25) is 0 Å². The van der Waals surface area contributed by atoms with Gasteiger partial charge in [0.1, 0.15) is 0 Å². The van der Waals surface area contributed by atoms with Crippen molar-refractivity contribution in [2.75, 3.05) is 13.1 Å². The second-order valence-electron chi connectivity index (χ2n) is 7.70. The van der Waals surface area contributed by atoms with Gasteiger partial charge in [0.2, 0.25) is 5.91 Å². The SMILES string of the molecule is O=C(CCC(F)(F)F)N1C[C@@H]2C[C@H](C1)c1cc(-c3ccccc3)cc(=O)n1C2. The Morgan fingerprint density at radius 2 is 1.79 bits per heavy atom. The second kappa shape index (κ2) is 7.11. The molecule has 1 aromatic heterocycles. The number of piperidine rings is 1. The van der Waals surface area contributed by atoms with E-state index in [1.807, 2.05) is 36.4 Å². The lowest BCUT2D eigenvalue weighted by atomic mass is 9.82. The zero-order valence-corrected chi connectivity index (χ0v) is 15.3. The molecule has 2 aliphatic heterocycles. The molecule has 2 aliphatic rings. The second-order valence-corrected chi connectivity index (χ2v) is 7.70. The predicted octanol–water partition coefficient (Wildman–Crippen LogP) is 3.80. The molecule has 3 heterocycles. The molecule has 4 rings (SSSR count). The number of carbonyl (C=O) groups is 1. The fourth-order valence-corrected chi connectivity index (χ4v) is 4.37. The molecule has 2 aromatic rings. The molecule has 1 aromatic carbocycles. The average Bonchev–Trinajstić information content (AvgIpc) is 2.66. The van der Waals surface area contributed by atoms with Gasteiger partial charge in [-0.15, -0.1) is 0 Å². The van der Waals surface area contributed by atoms with Crippen LogP contribution in [0.15, 0.2) is 47.3 Å². The largest absolute Gasteiger partial charge is 0.389 e. The van der Waals surface area contributed by atoms with E-state index in [0.29, 0.717) is 19.6 Å². The van der Waals surface area contributed by atoms with Gasteiger partial charge in [-0.3, -0.25) is 9.59 Å². The highest BCUT2D eigenvalue weighted by Gasteiger charge is 2.37. The van der Waals surface area contributed by atoms with Crippen molar-refractivity contribution < 1.29 is 18.0 Å². The summed E-state index contributed by atoms with van der Waals surface area (Å²) in [5.41, 5.74) is 2.58. The normalized spacial score (nSPS) is 21.3. The summed E-state index contributed by atoms with van der Waals surface area (Å²) in [6.45, 7) is 1.28. The van der Waals surface area contributed by atoms with Crippen LogP contribution in [0, 0.1) is 5.92 Å². The predicted molar refractivity (Wildman–Crippen MR) is 98.9 cm³/mol. The summed E-state index contributed by atoms with van der Waals surface area (Å²) in [5, 5.41) is 0. The van der Waals surface area contributed by atoms with Gasteiger partial charge in [0.05, 0.1) is 6.42 Å². The quantitative estimate of drug-likeness (QED) is 0.800. The molecule has 7 heteroatoms. The number of alkyl halides is 3. The summed E-state index contributed by atoms with van der Waals surface area (Å²) in [6, 6.07) is 13.2. The topological polar surface area (TPSA) is 42.3 Å². The first-order valence-corrected chi connectivity index (χ1v) is 9.45. The van der Waals surface area contributed by atoms with Gasteiger partial charge in [0, 0.05) is 43.7 Å². The number of nitrogens with zero attached hydrogens (tertiary/aromatic N) is 2. The van der Waals surface area contributed by atoms with Gasteiger partial charge in [-0.1, -0.05) is 30.3 Å². The Labute approximate surface area is 160 Å². The molecule has 0 spiro atoms. The number of pyridine rings is 1. The van der Waals surface area contributed by atoms with Gasteiger partial charge in [0.25, 0.3) is 5.56 Å². The maximum atomic E-state index is 12.7. The van der Waals surface area contributed by atoms with Crippen molar-refractivity contribution in [1.29, 1.82) is 0 Å². The van der Waals surface area contributed by atoms with Gasteiger partial charge < -0.3 is 9.47 Å². The van der Waals surface area contributed by atoms with Gasteiger partial charge in [-0.05, 0) is 29.5 Å². The van der Waals surface area contributed by atoms with E-state index >= 15 is 0 Å². The fourth-order valence-electron chi connectivity index (χ4n) is 4.37. The standard InChI is InChI=1S/C21H21F3N2O2/c22-21(23,24)7-6-19(27)25-11-14-8-17(13-25)18-9-16(10-20(28)26(18)12-14)15-4-2-1-3-5-15/h1-5,9-10,14,17H,6-8,11-13H2/t14-,17+/m0/s1. The van der Waals surface area contributed by atoms with E-state index < -0.39 is 24.9 Å². The minimum absolute atomic E-state index is 0.0290. The van der Waals surface area contributed by atoms with Crippen LogP contribution < -0.4 is 5.56 Å². The maximum absolute atomic E-state index is 12.7. The zero-order chi connectivity index (χ0) is 19.9. The smallest absolute Gasteiger partial charge is 0.342 e. The first kappa shape index (κ1) is 18.8. The Morgan fingerprint density at radius 3 is 2.50 bits per heavy atom. The number of benzene rings is 1. The van der Waals surface area contributed by atoms with Crippen LogP contribution in [-0.4, -0.2) is 34.6 Å². The van der Waals surface area contributed by atoms with Crippen LogP contribution in [0.3, 0.4) is 0 Å². The number of amides is 1. The lowest BCUT2D eigenvalue weighted by Crippen LogP contribution is -2.49. The van der Waals surface area contributed by atoms with Gasteiger partial charge in [0.15, 0.2) is 0 Å². The summed E-state index contributed by atoms with van der Waals surface area (Å²) in [6.07, 6.45) is -5.09. The highest BCUT2D eigenvalue weighted by Crippen LogP contribution is 2.37. The van der Waals surface area contributed by atoms with Crippen molar-refractivity contribution >= 4 is 5.91 Å². The summed E-state index contributed by atoms with van der Waals surface area (Å²) in [7, 11) is 0. The number of carbonyl (C=O) groups excluding carboxylic acids is 1. The number of halogens is 3. The summed E-state index contributed by atoms with van der Waals surface area (Å²) in [4.78, 5) is 26.5. The first-order chi connectivity index (χ1) is 13.3. The minimum atomic E-state index is -4.33. The lowest BCUT2D eigenvalue weighted by Gasteiger charge is -2.43. The number of hydrogen-bond donors (Lipinski definition) is 0. The molecule has 0 aliphatic carbocycles. The van der Waals surface area contributed by atoms with Crippen LogP contribution in [0.4, 0.5) is 13.2 Å². The molecular weight excluding hydrogens is 369 g/mol. The van der Waals surface area contributed by atoms with E-state index in [9.17, 15) is 22.8 Å². The Balaban J connectivity index is 1.59. The third-order valence-corrected chi connectivity index (χ3v) is 5.64. The molecule has 1 fully saturated rings. The molecule has 4 nitrogen and oxygen atoms in total. The van der Waals surface area contributed by atoms with Crippen molar-refractivity contribution in [2.24, 2.45) is 5.92 Å². The summed E-state index contributed by atoms with van der Waals surface area (Å²) < 4.78 is 39.1. The third-order valence-electron chi connectivity index (χ3n) is 5.64. The summed E-state index contributed by atoms with van der Waals surface area (Å²) >= 11 is 0. The maximum Gasteiger partial charge on any atom is 0.389 e. The van der Waals surface area contributed by atoms with Crippen LogP contribution in [-0.2, 0) is 11.3 Å². The van der Waals surface area contributed by atoms with E-state index in [1.165, 1.54) is 0 Å². The number of aromatic nitrogens is 1. The Hall–Kier alpha value is -2.57. The number of likely N-dealkylation sites (tertiary alicyclic amines) is 1. The molecular formula is C21H21F3N2O2. The Kier molecular flexibility index (Phi) is 4.77. The highest BCUT2D eigenvalue weighted by molar-refractivity contribution is 5.76. The van der Waals surface area contributed by atoms with Crippen LogP contribution in [0.25, 0.3) is 11.1 Å². The molecule has 2 bridgehead atoms.